The van der Waals surface area contributed by atoms with Crippen molar-refractivity contribution in [3.8, 4) is 0 Å². The molecule has 9 atom stereocenters. The molecule has 0 spiro atoms. The van der Waals surface area contributed by atoms with Gasteiger partial charge in [0.15, 0.2) is 0 Å². The zero-order valence-corrected chi connectivity index (χ0v) is 42.2. The van der Waals surface area contributed by atoms with Gasteiger partial charge in [0.05, 0.1) is 48.7 Å². The lowest BCUT2D eigenvalue weighted by molar-refractivity contribution is -0.148. The molecule has 0 unspecified atom stereocenters. The molecule has 3 aromatic rings. The number of carbonyl (C=O) groups is 5. The van der Waals surface area contributed by atoms with Crippen molar-refractivity contribution in [3.05, 3.63) is 87.9 Å². The van der Waals surface area contributed by atoms with Crippen LogP contribution in [-0.4, -0.2) is 134 Å². The number of likely N-dealkylation sites (tertiary alicyclic amines) is 1. The lowest BCUT2D eigenvalue weighted by atomic mass is 9.89. The monoisotopic (exact) mass is 932 g/mol. The SMILES string of the molecule is CC[C@H](C)[C@@H]([C@@H](CC(=O)N1CCC[C@H]1[C@H](OC)[C@@H](C)C(=O)N[C@@H](Cc1ccccc1)c1nc(C(=O)NCCc2ccccc2)cs1)OC)N(C)C(=O)[C@@H](NC(=O)[C@H](C(C)C)N(C)C)C(C)C. The van der Waals surface area contributed by atoms with Crippen molar-refractivity contribution in [2.75, 3.05) is 48.5 Å². The lowest BCUT2D eigenvalue weighted by Gasteiger charge is -2.41. The van der Waals surface area contributed by atoms with E-state index in [1.165, 1.54) is 11.3 Å². The van der Waals surface area contributed by atoms with Gasteiger partial charge in [-0.05, 0) is 68.7 Å². The molecule has 1 aliphatic rings. The van der Waals surface area contributed by atoms with Crippen molar-refractivity contribution in [2.24, 2.45) is 23.7 Å². The predicted molar refractivity (Wildman–Crippen MR) is 261 cm³/mol. The lowest BCUT2D eigenvalue weighted by Crippen LogP contribution is -2.59. The van der Waals surface area contributed by atoms with Gasteiger partial charge in [0, 0.05) is 39.7 Å². The average Bonchev–Trinajstić information content (AvgIpc) is 3.99. The summed E-state index contributed by atoms with van der Waals surface area (Å²) < 4.78 is 12.2. The second-order valence-corrected chi connectivity index (χ2v) is 19.7. The largest absolute Gasteiger partial charge is 0.379 e. The van der Waals surface area contributed by atoms with Gasteiger partial charge in [-0.3, -0.25) is 28.9 Å². The van der Waals surface area contributed by atoms with Crippen LogP contribution in [0.4, 0.5) is 0 Å². The van der Waals surface area contributed by atoms with Crippen LogP contribution in [-0.2, 0) is 41.5 Å². The maximum atomic E-state index is 14.5. The number of likely N-dealkylation sites (N-methyl/N-ethyl adjacent to an activating group) is 2. The van der Waals surface area contributed by atoms with Crippen molar-refractivity contribution >= 4 is 40.9 Å². The number of nitrogens with zero attached hydrogens (tertiary/aromatic N) is 4. The van der Waals surface area contributed by atoms with Crippen LogP contribution in [0.15, 0.2) is 66.0 Å². The summed E-state index contributed by atoms with van der Waals surface area (Å²) in [4.78, 5) is 79.9. The Labute approximate surface area is 398 Å². The van der Waals surface area contributed by atoms with Gasteiger partial charge in [-0.15, -0.1) is 11.3 Å². The maximum Gasteiger partial charge on any atom is 0.270 e. The fourth-order valence-electron chi connectivity index (χ4n) is 9.37. The quantitative estimate of drug-likeness (QED) is 0.0904. The Morgan fingerprint density at radius 3 is 2.05 bits per heavy atom. The van der Waals surface area contributed by atoms with E-state index in [1.54, 1.807) is 31.5 Å². The first-order valence-corrected chi connectivity index (χ1v) is 24.5. The summed E-state index contributed by atoms with van der Waals surface area (Å²) in [6, 6.07) is 17.2. The maximum absolute atomic E-state index is 14.5. The van der Waals surface area contributed by atoms with Gasteiger partial charge in [-0.2, -0.15) is 0 Å². The Bertz CT molecular complexity index is 1990. The molecule has 0 saturated carbocycles. The fraction of sp³-hybridized carbons (Fsp3) is 0.608. The minimum atomic E-state index is -0.777. The number of methoxy groups -OCH3 is 2. The number of carbonyl (C=O) groups excluding carboxylic acids is 5. The van der Waals surface area contributed by atoms with Gasteiger partial charge in [0.25, 0.3) is 5.91 Å². The Balaban J connectivity index is 1.49. The molecule has 1 aromatic heterocycles. The van der Waals surface area contributed by atoms with Gasteiger partial charge in [0.2, 0.25) is 23.6 Å². The van der Waals surface area contributed by atoms with Gasteiger partial charge in [0.1, 0.15) is 16.7 Å². The summed E-state index contributed by atoms with van der Waals surface area (Å²) in [5.74, 6) is -1.97. The van der Waals surface area contributed by atoms with Crippen molar-refractivity contribution in [2.45, 2.75) is 129 Å². The molecule has 5 amide bonds. The average molecular weight is 932 g/mol. The van der Waals surface area contributed by atoms with E-state index in [9.17, 15) is 24.0 Å². The summed E-state index contributed by atoms with van der Waals surface area (Å²) in [5.41, 5.74) is 2.42. The number of thiazole rings is 1. The first-order valence-electron chi connectivity index (χ1n) is 23.6. The van der Waals surface area contributed by atoms with E-state index in [2.05, 4.69) is 16.0 Å². The van der Waals surface area contributed by atoms with E-state index >= 15 is 0 Å². The Kier molecular flexibility index (Phi) is 21.2. The number of aromatic nitrogens is 1. The number of rotatable bonds is 25. The smallest absolute Gasteiger partial charge is 0.270 e. The molecular formula is C51H77N7O7S. The molecule has 66 heavy (non-hydrogen) atoms. The van der Waals surface area contributed by atoms with Crippen LogP contribution in [0.5, 0.6) is 0 Å². The molecule has 1 fully saturated rings. The summed E-state index contributed by atoms with van der Waals surface area (Å²) in [5, 5.41) is 11.6. The van der Waals surface area contributed by atoms with E-state index in [4.69, 9.17) is 14.5 Å². The zero-order valence-electron chi connectivity index (χ0n) is 41.4. The molecule has 4 rings (SSSR count). The summed E-state index contributed by atoms with van der Waals surface area (Å²) in [6.45, 7) is 14.7. The molecular weight excluding hydrogens is 855 g/mol. The molecule has 2 heterocycles. The Morgan fingerprint density at radius 2 is 1.48 bits per heavy atom. The molecule has 364 valence electrons. The number of ether oxygens (including phenoxy) is 2. The number of amides is 5. The van der Waals surface area contributed by atoms with E-state index in [0.717, 1.165) is 24.0 Å². The fourth-order valence-corrected chi connectivity index (χ4v) is 10.2. The minimum absolute atomic E-state index is 0.0107. The van der Waals surface area contributed by atoms with Crippen LogP contribution < -0.4 is 16.0 Å². The van der Waals surface area contributed by atoms with E-state index < -0.39 is 42.3 Å². The highest BCUT2D eigenvalue weighted by molar-refractivity contribution is 7.09. The Hall–Kier alpha value is -4.70. The molecule has 2 aromatic carbocycles. The van der Waals surface area contributed by atoms with E-state index in [0.29, 0.717) is 43.1 Å². The number of hydrogen-bond acceptors (Lipinski definition) is 10. The molecule has 14 nitrogen and oxygen atoms in total. The normalized spacial score (nSPS) is 17.7. The van der Waals surface area contributed by atoms with Gasteiger partial charge < -0.3 is 35.2 Å². The van der Waals surface area contributed by atoms with Crippen LogP contribution >= 0.6 is 11.3 Å². The molecule has 0 aliphatic carbocycles. The van der Waals surface area contributed by atoms with Gasteiger partial charge in [-0.25, -0.2) is 4.98 Å². The van der Waals surface area contributed by atoms with Crippen molar-refractivity contribution < 1.29 is 33.4 Å². The molecule has 3 N–H and O–H groups in total. The van der Waals surface area contributed by atoms with Crippen molar-refractivity contribution in [1.29, 1.82) is 0 Å². The number of nitrogens with one attached hydrogen (secondary N) is 3. The van der Waals surface area contributed by atoms with Crippen LogP contribution in [0.25, 0.3) is 0 Å². The highest BCUT2D eigenvalue weighted by Crippen LogP contribution is 2.31. The van der Waals surface area contributed by atoms with Crippen LogP contribution in [0.2, 0.25) is 0 Å². The first kappa shape index (κ1) is 53.9. The highest BCUT2D eigenvalue weighted by atomic mass is 32.1. The summed E-state index contributed by atoms with van der Waals surface area (Å²) in [6.07, 6.45) is 2.00. The first-order chi connectivity index (χ1) is 31.4. The minimum Gasteiger partial charge on any atom is -0.379 e. The molecule has 15 heteroatoms. The van der Waals surface area contributed by atoms with Gasteiger partial charge >= 0.3 is 0 Å². The van der Waals surface area contributed by atoms with Crippen molar-refractivity contribution in [1.82, 2.24) is 35.6 Å². The summed E-state index contributed by atoms with van der Waals surface area (Å²) in [7, 11) is 8.60. The molecule has 1 saturated heterocycles. The van der Waals surface area contributed by atoms with Crippen molar-refractivity contribution in [3.63, 3.8) is 0 Å². The molecule has 0 bridgehead atoms. The third-order valence-corrected chi connectivity index (χ3v) is 14.1. The topological polar surface area (TPSA) is 163 Å². The van der Waals surface area contributed by atoms with E-state index in [-0.39, 0.29) is 59.8 Å². The highest BCUT2D eigenvalue weighted by Gasteiger charge is 2.43. The zero-order chi connectivity index (χ0) is 48.7. The Morgan fingerprint density at radius 1 is 0.848 bits per heavy atom. The number of hydrogen-bond donors (Lipinski definition) is 3. The second kappa shape index (κ2) is 26.0. The predicted octanol–water partition coefficient (Wildman–Crippen LogP) is 6.16. The van der Waals surface area contributed by atoms with E-state index in [1.807, 2.05) is 133 Å². The molecule has 0 radical (unpaired) electrons. The number of benzene rings is 2. The summed E-state index contributed by atoms with van der Waals surface area (Å²) >= 11 is 1.33. The van der Waals surface area contributed by atoms with Crippen LogP contribution in [0.3, 0.4) is 0 Å². The molecule has 1 aliphatic heterocycles. The van der Waals surface area contributed by atoms with Crippen LogP contribution in [0.1, 0.15) is 107 Å². The third kappa shape index (κ3) is 14.4. The second-order valence-electron chi connectivity index (χ2n) is 18.8. The third-order valence-electron chi connectivity index (χ3n) is 13.1. The standard InChI is InChI=1S/C51H77N7O7S/c1-13-34(6)45(57(10)51(63)43(32(2)3)55-49(62)44(33(4)5)56(8)9)41(64-11)30-42(59)58-28-20-25-40(58)46(65-12)35(7)47(60)53-38(29-37-23-18-15-19-24-37)50-54-39(31-66-50)48(61)52-27-26-36-21-16-14-17-22-36/h14-19,21-24,31-35,38,40-41,43-46H,13,20,25-30H2,1-12H3,(H,52,61)(H,53,60)(H,55,62)/t34-,35+,38-,40-,41+,43-,44-,45-,46+/m0/s1. The van der Waals surface area contributed by atoms with Crippen LogP contribution in [0, 0.1) is 23.7 Å². The van der Waals surface area contributed by atoms with Gasteiger partial charge in [-0.1, -0.05) is 116 Å².